The Morgan fingerprint density at radius 1 is 1.25 bits per heavy atom. The summed E-state index contributed by atoms with van der Waals surface area (Å²) in [5.74, 6) is -0.975. The second kappa shape index (κ2) is 6.49. The topological polar surface area (TPSA) is 130 Å². The third kappa shape index (κ3) is 10.3. The molecular weight excluding hydrogens is 262 g/mol. The molecule has 2 unspecified atom stereocenters. The fourth-order valence-corrected chi connectivity index (χ4v) is 2.85. The number of phosphoric acid groups is 1. The van der Waals surface area contributed by atoms with E-state index in [9.17, 15) is 13.9 Å². The Kier molecular flexibility index (Phi) is 6.40. The molecule has 0 spiro atoms. The normalized spacial score (nSPS) is 18.7. The zero-order valence-corrected chi connectivity index (χ0v) is 10.4. The Hall–Kier alpha value is -0.230. The molecule has 10 heteroatoms. The molecule has 0 radical (unpaired) electrons. The van der Waals surface area contributed by atoms with Gasteiger partial charge in [-0.05, 0) is 12.8 Å². The molecule has 0 amide bonds. The highest BCUT2D eigenvalue weighted by atomic mass is 31.3. The van der Waals surface area contributed by atoms with Gasteiger partial charge in [-0.3, -0.25) is 13.9 Å². The minimum absolute atomic E-state index is 0.0772. The number of phosphoric ester groups is 1. The molecule has 0 saturated heterocycles. The molecule has 16 heavy (non-hydrogen) atoms. The summed E-state index contributed by atoms with van der Waals surface area (Å²) in [5.41, 5.74) is 0. The summed E-state index contributed by atoms with van der Waals surface area (Å²) in [6.45, 7) is 0.532. The first-order valence-electron chi connectivity index (χ1n) is 4.33. The molecule has 0 heterocycles. The maximum atomic E-state index is 11.0. The first kappa shape index (κ1) is 15.8. The Labute approximate surface area is 92.3 Å². The highest BCUT2D eigenvalue weighted by molar-refractivity contribution is 7.63. The van der Waals surface area contributed by atoms with Crippen LogP contribution in [0.4, 0.5) is 0 Å². The molecule has 0 aliphatic heterocycles. The fraction of sp³-hybridized carbons (Fsp3) is 0.833. The van der Waals surface area contributed by atoms with E-state index in [0.29, 0.717) is 0 Å². The van der Waals surface area contributed by atoms with Crippen molar-refractivity contribution in [3.05, 3.63) is 0 Å². The van der Waals surface area contributed by atoms with Crippen LogP contribution in [0.2, 0.25) is 0 Å². The van der Waals surface area contributed by atoms with Gasteiger partial charge in [0.15, 0.2) is 0 Å². The Balaban J connectivity index is 3.79. The lowest BCUT2D eigenvalue weighted by Crippen LogP contribution is -1.98. The maximum absolute atomic E-state index is 11.0. The quantitative estimate of drug-likeness (QED) is 0.445. The lowest BCUT2D eigenvalue weighted by atomic mass is 10.2. The molecule has 0 aliphatic rings. The molecule has 96 valence electrons. The van der Waals surface area contributed by atoms with Crippen LogP contribution in [-0.4, -0.2) is 34.1 Å². The van der Waals surface area contributed by atoms with E-state index in [4.69, 9.17) is 14.9 Å². The van der Waals surface area contributed by atoms with Crippen LogP contribution in [0.5, 0.6) is 0 Å². The van der Waals surface area contributed by atoms with E-state index < -0.39 is 21.4 Å². The molecule has 0 saturated carbocycles. The van der Waals surface area contributed by atoms with Gasteiger partial charge in [0.2, 0.25) is 0 Å². The lowest BCUT2D eigenvalue weighted by molar-refractivity contribution is -0.137. The van der Waals surface area contributed by atoms with Gasteiger partial charge in [0.1, 0.15) is 0 Å². The Morgan fingerprint density at radius 3 is 2.25 bits per heavy atom. The SMILES string of the molecule is CP(=O)(O)OP(=O)(O)OCCCCC(=O)O. The van der Waals surface area contributed by atoms with Crippen LogP contribution in [0.25, 0.3) is 0 Å². The average molecular weight is 276 g/mol. The summed E-state index contributed by atoms with van der Waals surface area (Å²) in [5, 5.41) is 8.29. The number of carbonyl (C=O) groups is 1. The van der Waals surface area contributed by atoms with Gasteiger partial charge < -0.3 is 14.9 Å². The highest BCUT2D eigenvalue weighted by Crippen LogP contribution is 2.57. The van der Waals surface area contributed by atoms with Crippen LogP contribution < -0.4 is 0 Å². The molecule has 8 nitrogen and oxygen atoms in total. The molecule has 0 aromatic carbocycles. The minimum atomic E-state index is -4.54. The number of unbranched alkanes of at least 4 members (excludes halogenated alkanes) is 1. The fourth-order valence-electron chi connectivity index (χ4n) is 0.773. The van der Waals surface area contributed by atoms with Crippen molar-refractivity contribution in [1.82, 2.24) is 0 Å². The van der Waals surface area contributed by atoms with Crippen molar-refractivity contribution in [3.8, 4) is 0 Å². The highest BCUT2D eigenvalue weighted by Gasteiger charge is 2.29. The molecule has 0 bridgehead atoms. The van der Waals surface area contributed by atoms with E-state index in [1.54, 1.807) is 0 Å². The number of aliphatic carboxylic acids is 1. The van der Waals surface area contributed by atoms with Crippen molar-refractivity contribution >= 4 is 21.4 Å². The van der Waals surface area contributed by atoms with Crippen LogP contribution in [0.3, 0.4) is 0 Å². The largest absolute Gasteiger partial charge is 0.481 e. The molecule has 3 N–H and O–H groups in total. The van der Waals surface area contributed by atoms with Gasteiger partial charge in [-0.2, -0.15) is 0 Å². The van der Waals surface area contributed by atoms with E-state index in [-0.39, 0.29) is 25.9 Å². The summed E-state index contributed by atoms with van der Waals surface area (Å²) < 4.78 is 29.9. The van der Waals surface area contributed by atoms with E-state index in [1.165, 1.54) is 0 Å². The minimum Gasteiger partial charge on any atom is -0.481 e. The van der Waals surface area contributed by atoms with E-state index in [1.807, 2.05) is 0 Å². The van der Waals surface area contributed by atoms with Crippen LogP contribution in [-0.2, 0) is 22.8 Å². The first-order chi connectivity index (χ1) is 7.12. The second-order valence-corrected chi connectivity index (χ2v) is 6.49. The van der Waals surface area contributed by atoms with E-state index >= 15 is 0 Å². The number of hydrogen-bond acceptors (Lipinski definition) is 5. The van der Waals surface area contributed by atoms with Crippen molar-refractivity contribution in [2.24, 2.45) is 0 Å². The summed E-state index contributed by atoms with van der Waals surface area (Å²) in [6.07, 6.45) is 0.435. The summed E-state index contributed by atoms with van der Waals surface area (Å²) in [6, 6.07) is 0. The number of hydrogen-bond donors (Lipinski definition) is 3. The summed E-state index contributed by atoms with van der Waals surface area (Å²) in [4.78, 5) is 27.7. The standard InChI is InChI=1S/C6H14O8P2/c1-15(9,10)14-16(11,12)13-5-3-2-4-6(7)8/h2-5H2,1H3,(H,7,8)(H,9,10)(H,11,12). The number of carboxylic acid groups (broad SMARTS) is 1. The predicted octanol–water partition coefficient (Wildman–Crippen LogP) is 1.19. The van der Waals surface area contributed by atoms with Gasteiger partial charge in [0.25, 0.3) is 0 Å². The van der Waals surface area contributed by atoms with Gasteiger partial charge in [0, 0.05) is 13.1 Å². The van der Waals surface area contributed by atoms with Gasteiger partial charge in [-0.25, -0.2) is 8.88 Å². The monoisotopic (exact) mass is 276 g/mol. The molecular formula is C6H14O8P2. The zero-order valence-electron chi connectivity index (χ0n) is 8.61. The van der Waals surface area contributed by atoms with Crippen LogP contribution in [0.15, 0.2) is 0 Å². The van der Waals surface area contributed by atoms with Gasteiger partial charge in [0.05, 0.1) is 6.61 Å². The van der Waals surface area contributed by atoms with Crippen molar-refractivity contribution < 1.29 is 37.7 Å². The number of carboxylic acids is 1. The molecule has 0 aliphatic carbocycles. The van der Waals surface area contributed by atoms with E-state index in [0.717, 1.165) is 6.66 Å². The molecule has 0 aromatic rings. The predicted molar refractivity (Wildman–Crippen MR) is 54.1 cm³/mol. The van der Waals surface area contributed by atoms with Crippen LogP contribution >= 0.6 is 15.4 Å². The van der Waals surface area contributed by atoms with Crippen molar-refractivity contribution in [2.75, 3.05) is 13.3 Å². The van der Waals surface area contributed by atoms with Crippen LogP contribution in [0, 0.1) is 0 Å². The van der Waals surface area contributed by atoms with Gasteiger partial charge in [-0.1, -0.05) is 0 Å². The van der Waals surface area contributed by atoms with Crippen molar-refractivity contribution in [2.45, 2.75) is 19.3 Å². The lowest BCUT2D eigenvalue weighted by Gasteiger charge is -2.13. The molecule has 0 fully saturated rings. The van der Waals surface area contributed by atoms with Crippen molar-refractivity contribution in [1.29, 1.82) is 0 Å². The Bertz CT molecular complexity index is 320. The zero-order chi connectivity index (χ0) is 12.8. The van der Waals surface area contributed by atoms with Crippen LogP contribution in [0.1, 0.15) is 19.3 Å². The molecule has 0 aromatic heterocycles. The number of rotatable bonds is 8. The second-order valence-electron chi connectivity index (χ2n) is 3.04. The molecule has 0 rings (SSSR count). The smallest absolute Gasteiger partial charge is 0.479 e. The third-order valence-corrected chi connectivity index (χ3v) is 3.84. The average Bonchev–Trinajstić information content (AvgIpc) is 1.97. The summed E-state index contributed by atoms with van der Waals surface area (Å²) in [7, 11) is -8.63. The van der Waals surface area contributed by atoms with E-state index in [2.05, 4.69) is 8.83 Å². The van der Waals surface area contributed by atoms with Gasteiger partial charge >= 0.3 is 21.4 Å². The Morgan fingerprint density at radius 2 is 1.81 bits per heavy atom. The van der Waals surface area contributed by atoms with Crippen molar-refractivity contribution in [3.63, 3.8) is 0 Å². The molecule has 2 atom stereocenters. The summed E-state index contributed by atoms with van der Waals surface area (Å²) >= 11 is 0. The maximum Gasteiger partial charge on any atom is 0.479 e. The first-order valence-corrected chi connectivity index (χ1v) is 7.85. The van der Waals surface area contributed by atoms with Gasteiger partial charge in [-0.15, -0.1) is 0 Å². The third-order valence-electron chi connectivity index (χ3n) is 1.29.